The maximum atomic E-state index is 12.8. The van der Waals surface area contributed by atoms with Gasteiger partial charge in [-0.15, -0.1) is 0 Å². The third-order valence-corrected chi connectivity index (χ3v) is 3.06. The van der Waals surface area contributed by atoms with Crippen molar-refractivity contribution in [3.8, 4) is 0 Å². The molecular weight excluding hydrogens is 350 g/mol. The number of aromatic amines is 1. The Kier molecular flexibility index (Phi) is 4.49. The van der Waals surface area contributed by atoms with Crippen LogP contribution < -0.4 is 0 Å². The SMILES string of the molecule is O=C(OC(CS(=O)(=O)O)(C(F)(F)F)C(F)(F)F)c1cnc[nH]1. The van der Waals surface area contributed by atoms with E-state index in [1.807, 2.05) is 4.98 Å². The lowest BCUT2D eigenvalue weighted by molar-refractivity contribution is -0.356. The van der Waals surface area contributed by atoms with Gasteiger partial charge in [0, 0.05) is 0 Å². The molecule has 0 atom stereocenters. The van der Waals surface area contributed by atoms with Gasteiger partial charge in [0.25, 0.3) is 10.1 Å². The second-order valence-electron chi connectivity index (χ2n) is 3.90. The molecule has 7 nitrogen and oxygen atoms in total. The van der Waals surface area contributed by atoms with Crippen LogP contribution in [-0.2, 0) is 14.9 Å². The normalized spacial score (nSPS) is 14.0. The number of hydrogen-bond acceptors (Lipinski definition) is 5. The number of alkyl halides is 6. The molecule has 14 heteroatoms. The first-order valence-corrected chi connectivity index (χ1v) is 6.61. The number of esters is 1. The first kappa shape index (κ1) is 18.2. The van der Waals surface area contributed by atoms with E-state index in [-0.39, 0.29) is 0 Å². The van der Waals surface area contributed by atoms with E-state index in [1.165, 1.54) is 0 Å². The van der Waals surface area contributed by atoms with Crippen molar-refractivity contribution in [1.29, 1.82) is 0 Å². The van der Waals surface area contributed by atoms with Gasteiger partial charge in [0.2, 0.25) is 0 Å². The fraction of sp³-hybridized carbons (Fsp3) is 0.500. The summed E-state index contributed by atoms with van der Waals surface area (Å²) >= 11 is 0. The maximum Gasteiger partial charge on any atom is 0.438 e. The van der Waals surface area contributed by atoms with Gasteiger partial charge in [-0.25, -0.2) is 9.78 Å². The zero-order valence-corrected chi connectivity index (χ0v) is 10.9. The van der Waals surface area contributed by atoms with E-state index in [1.54, 1.807) is 0 Å². The van der Waals surface area contributed by atoms with Gasteiger partial charge in [-0.3, -0.25) is 4.55 Å². The highest BCUT2D eigenvalue weighted by atomic mass is 32.2. The van der Waals surface area contributed by atoms with Crippen molar-refractivity contribution in [1.82, 2.24) is 9.97 Å². The Hall–Kier alpha value is -1.83. The number of halogens is 6. The van der Waals surface area contributed by atoms with Crippen molar-refractivity contribution >= 4 is 16.1 Å². The number of imidazole rings is 1. The highest BCUT2D eigenvalue weighted by Gasteiger charge is 2.76. The summed E-state index contributed by atoms with van der Waals surface area (Å²) in [5, 5.41) is 0. The van der Waals surface area contributed by atoms with Crippen LogP contribution in [0.1, 0.15) is 10.5 Å². The standard InChI is InChI=1S/C8H6F6N2O5S/c9-7(10,11)6(8(12,13)14,2-22(18,19)20)21-5(17)4-1-15-3-16-4/h1,3H,2H2,(H,15,16)(H,18,19,20). The molecule has 0 saturated heterocycles. The van der Waals surface area contributed by atoms with Crippen LogP contribution in [0, 0.1) is 0 Å². The van der Waals surface area contributed by atoms with E-state index in [4.69, 9.17) is 4.55 Å². The third kappa shape index (κ3) is 3.68. The minimum atomic E-state index is -6.36. The average Bonchev–Trinajstić information content (AvgIpc) is 2.75. The smallest absolute Gasteiger partial charge is 0.433 e. The van der Waals surface area contributed by atoms with Gasteiger partial charge >= 0.3 is 23.9 Å². The van der Waals surface area contributed by atoms with Gasteiger partial charge in [0.05, 0.1) is 12.5 Å². The zero-order chi connectivity index (χ0) is 17.4. The van der Waals surface area contributed by atoms with Crippen molar-refractivity contribution in [2.75, 3.05) is 5.75 Å². The summed E-state index contributed by atoms with van der Waals surface area (Å²) in [4.78, 5) is 16.4. The summed E-state index contributed by atoms with van der Waals surface area (Å²) in [6.07, 6.45) is -11.4. The molecule has 0 aromatic carbocycles. The largest absolute Gasteiger partial charge is 0.438 e. The van der Waals surface area contributed by atoms with Crippen LogP contribution in [0.2, 0.25) is 0 Å². The summed E-state index contributed by atoms with van der Waals surface area (Å²) < 4.78 is 110. The fourth-order valence-electron chi connectivity index (χ4n) is 1.31. The van der Waals surface area contributed by atoms with Crippen LogP contribution in [0.5, 0.6) is 0 Å². The van der Waals surface area contributed by atoms with Crippen LogP contribution in [0.15, 0.2) is 12.5 Å². The van der Waals surface area contributed by atoms with Crippen LogP contribution in [0.3, 0.4) is 0 Å². The number of nitrogens with zero attached hydrogens (tertiary/aromatic N) is 1. The number of rotatable bonds is 4. The molecule has 1 heterocycles. The predicted molar refractivity (Wildman–Crippen MR) is 55.3 cm³/mol. The summed E-state index contributed by atoms with van der Waals surface area (Å²) in [6, 6.07) is 0. The Morgan fingerprint density at radius 3 is 2.05 bits per heavy atom. The molecule has 0 fully saturated rings. The van der Waals surface area contributed by atoms with E-state index < -0.39 is 45.5 Å². The Balaban J connectivity index is 3.40. The van der Waals surface area contributed by atoms with Gasteiger partial charge in [0.15, 0.2) is 0 Å². The molecular formula is C8H6F6N2O5S. The summed E-state index contributed by atoms with van der Waals surface area (Å²) in [5.74, 6) is -5.09. The van der Waals surface area contributed by atoms with Crippen molar-refractivity contribution in [2.45, 2.75) is 18.0 Å². The van der Waals surface area contributed by atoms with Crippen LogP contribution in [-0.4, -0.2) is 52.6 Å². The summed E-state index contributed by atoms with van der Waals surface area (Å²) in [5.41, 5.74) is -6.32. The Morgan fingerprint density at radius 2 is 1.73 bits per heavy atom. The Bertz CT molecular complexity index is 621. The Labute approximate surface area is 118 Å². The second-order valence-corrected chi connectivity index (χ2v) is 5.36. The predicted octanol–water partition coefficient (Wildman–Crippen LogP) is 1.32. The van der Waals surface area contributed by atoms with Crippen molar-refractivity contribution in [2.24, 2.45) is 0 Å². The van der Waals surface area contributed by atoms with E-state index >= 15 is 0 Å². The molecule has 0 aliphatic heterocycles. The monoisotopic (exact) mass is 356 g/mol. The van der Waals surface area contributed by atoms with Crippen molar-refractivity contribution in [3.05, 3.63) is 18.2 Å². The van der Waals surface area contributed by atoms with E-state index in [0.29, 0.717) is 6.20 Å². The number of ether oxygens (including phenoxy) is 1. The van der Waals surface area contributed by atoms with Crippen molar-refractivity contribution < 1.29 is 48.8 Å². The molecule has 0 saturated carbocycles. The first-order valence-electron chi connectivity index (χ1n) is 5.00. The minimum Gasteiger partial charge on any atom is -0.433 e. The van der Waals surface area contributed by atoms with Crippen molar-refractivity contribution in [3.63, 3.8) is 0 Å². The highest BCUT2D eigenvalue weighted by molar-refractivity contribution is 7.85. The van der Waals surface area contributed by atoms with E-state index in [2.05, 4.69) is 9.72 Å². The van der Waals surface area contributed by atoms with Crippen LogP contribution >= 0.6 is 0 Å². The first-order chi connectivity index (χ1) is 9.70. The lowest BCUT2D eigenvalue weighted by atomic mass is 10.1. The topological polar surface area (TPSA) is 109 Å². The van der Waals surface area contributed by atoms with E-state index in [0.717, 1.165) is 6.33 Å². The van der Waals surface area contributed by atoms with Gasteiger partial charge < -0.3 is 9.72 Å². The van der Waals surface area contributed by atoms with Crippen LogP contribution in [0.4, 0.5) is 26.3 Å². The fourth-order valence-corrected chi connectivity index (χ4v) is 2.21. The molecule has 0 radical (unpaired) electrons. The third-order valence-electron chi connectivity index (χ3n) is 2.29. The molecule has 0 aliphatic carbocycles. The molecule has 0 spiro atoms. The molecule has 1 rings (SSSR count). The number of nitrogens with one attached hydrogen (secondary N) is 1. The zero-order valence-electron chi connectivity index (χ0n) is 10.1. The van der Waals surface area contributed by atoms with Crippen LogP contribution in [0.25, 0.3) is 0 Å². The second kappa shape index (κ2) is 5.42. The number of carbonyl (C=O) groups excluding carboxylic acids is 1. The minimum absolute atomic E-state index is 0.563. The summed E-state index contributed by atoms with van der Waals surface area (Å²) in [7, 11) is -5.81. The molecule has 0 amide bonds. The highest BCUT2D eigenvalue weighted by Crippen LogP contribution is 2.47. The molecule has 22 heavy (non-hydrogen) atoms. The molecule has 0 aliphatic rings. The van der Waals surface area contributed by atoms with Gasteiger partial charge in [-0.05, 0) is 0 Å². The van der Waals surface area contributed by atoms with E-state index in [9.17, 15) is 39.6 Å². The van der Waals surface area contributed by atoms with Gasteiger partial charge in [-0.1, -0.05) is 0 Å². The molecule has 126 valence electrons. The molecule has 0 unspecified atom stereocenters. The van der Waals surface area contributed by atoms with Gasteiger partial charge in [-0.2, -0.15) is 34.8 Å². The number of H-pyrrole nitrogens is 1. The maximum absolute atomic E-state index is 12.8. The molecule has 0 bridgehead atoms. The lowest BCUT2D eigenvalue weighted by Crippen LogP contribution is -2.63. The lowest BCUT2D eigenvalue weighted by Gasteiger charge is -2.35. The molecule has 1 aromatic rings. The number of aromatic nitrogens is 2. The number of hydrogen-bond donors (Lipinski definition) is 2. The molecule has 1 aromatic heterocycles. The quantitative estimate of drug-likeness (QED) is 0.478. The van der Waals surface area contributed by atoms with Gasteiger partial charge in [0.1, 0.15) is 11.4 Å². The Morgan fingerprint density at radius 1 is 1.23 bits per heavy atom. The number of carbonyl (C=O) groups is 1. The average molecular weight is 356 g/mol. The molecule has 2 N–H and O–H groups in total. The summed E-state index contributed by atoms with van der Waals surface area (Å²) in [6.45, 7) is 0.